The summed E-state index contributed by atoms with van der Waals surface area (Å²) in [6.45, 7) is 3.30. The predicted molar refractivity (Wildman–Crippen MR) is 104 cm³/mol. The van der Waals surface area contributed by atoms with Crippen LogP contribution in [-0.2, 0) is 20.7 Å². The average Bonchev–Trinajstić information content (AvgIpc) is 2.94. The molecule has 0 radical (unpaired) electrons. The van der Waals surface area contributed by atoms with Crippen molar-refractivity contribution in [1.29, 1.82) is 0 Å². The third kappa shape index (κ3) is 5.01. The zero-order valence-corrected chi connectivity index (χ0v) is 16.7. The van der Waals surface area contributed by atoms with Crippen LogP contribution in [0.4, 0.5) is 5.69 Å². The van der Waals surface area contributed by atoms with Gasteiger partial charge in [0.15, 0.2) is 24.7 Å². The lowest BCUT2D eigenvalue weighted by atomic mass is 10.0. The molecule has 0 bridgehead atoms. The molecule has 6 nitrogen and oxygen atoms in total. The second-order valence-electron chi connectivity index (χ2n) is 6.76. The molecule has 3 rings (SSSR count). The number of rotatable bonds is 6. The molecule has 2 aromatic rings. The van der Waals surface area contributed by atoms with E-state index >= 15 is 0 Å². The number of hydrogen-bond acceptors (Lipinski definition) is 5. The summed E-state index contributed by atoms with van der Waals surface area (Å²) in [6, 6.07) is 12.7. The van der Waals surface area contributed by atoms with E-state index in [1.165, 1.54) is 0 Å². The Balaban J connectivity index is 1.48. The fourth-order valence-corrected chi connectivity index (χ4v) is 3.16. The van der Waals surface area contributed by atoms with E-state index in [1.54, 1.807) is 24.3 Å². The first kappa shape index (κ1) is 19.2. The quantitative estimate of drug-likeness (QED) is 0.702. The zero-order valence-electron chi connectivity index (χ0n) is 15.1. The Bertz CT molecular complexity index is 865. The van der Waals surface area contributed by atoms with Gasteiger partial charge in [0.05, 0.1) is 5.69 Å². The second kappa shape index (κ2) is 8.00. The number of anilines is 1. The number of fused-ring (bicyclic) bond motifs is 1. The van der Waals surface area contributed by atoms with E-state index in [0.29, 0.717) is 17.2 Å². The number of carbonyl (C=O) groups is 2. The number of amides is 1. The molecule has 1 N–H and O–H groups in total. The van der Waals surface area contributed by atoms with E-state index in [-0.39, 0.29) is 18.8 Å². The number of ether oxygens (including phenoxy) is 3. The van der Waals surface area contributed by atoms with Crippen LogP contribution in [0.3, 0.4) is 0 Å². The van der Waals surface area contributed by atoms with E-state index in [1.807, 2.05) is 32.0 Å². The molecule has 27 heavy (non-hydrogen) atoms. The molecule has 0 saturated heterocycles. The van der Waals surface area contributed by atoms with Crippen molar-refractivity contribution in [3.63, 3.8) is 0 Å². The molecule has 1 heterocycles. The van der Waals surface area contributed by atoms with Crippen LogP contribution in [0.5, 0.6) is 11.5 Å². The molecule has 2 aromatic carbocycles. The second-order valence-corrected chi connectivity index (χ2v) is 7.61. The lowest BCUT2D eigenvalue weighted by Gasteiger charge is -2.18. The minimum absolute atomic E-state index is 0.299. The lowest BCUT2D eigenvalue weighted by molar-refractivity contribution is -0.149. The molecule has 1 aliphatic heterocycles. The van der Waals surface area contributed by atoms with E-state index in [9.17, 15) is 9.59 Å². The molecule has 0 unspecified atom stereocenters. The summed E-state index contributed by atoms with van der Waals surface area (Å²) in [6.07, 6.45) is 0.777. The highest BCUT2D eigenvalue weighted by molar-refractivity contribution is 9.10. The number of nitrogens with one attached hydrogen (secondary N) is 1. The fraction of sp³-hybridized carbons (Fsp3) is 0.300. The summed E-state index contributed by atoms with van der Waals surface area (Å²) in [5, 5.41) is 2.66. The normalized spacial score (nSPS) is 14.0. The summed E-state index contributed by atoms with van der Waals surface area (Å²) < 4.78 is 17.1. The monoisotopic (exact) mass is 433 g/mol. The summed E-state index contributed by atoms with van der Waals surface area (Å²) in [5.74, 6) is 0.0859. The summed E-state index contributed by atoms with van der Waals surface area (Å²) in [5.41, 5.74) is 1.35. The maximum absolute atomic E-state index is 11.9. The SMILES string of the molecule is CC1(C)Cc2cccc(OCC(=O)OCC(=O)Nc3ccccc3Br)c2O1. The number of benzene rings is 2. The third-order valence-corrected chi connectivity index (χ3v) is 4.60. The van der Waals surface area contributed by atoms with E-state index < -0.39 is 11.9 Å². The molecular weight excluding hydrogens is 414 g/mol. The van der Waals surface area contributed by atoms with Crippen LogP contribution in [0.15, 0.2) is 46.9 Å². The van der Waals surface area contributed by atoms with Crippen molar-refractivity contribution < 1.29 is 23.8 Å². The first-order valence-corrected chi connectivity index (χ1v) is 9.27. The van der Waals surface area contributed by atoms with Gasteiger partial charge in [-0.2, -0.15) is 0 Å². The van der Waals surface area contributed by atoms with Crippen molar-refractivity contribution in [2.24, 2.45) is 0 Å². The Morgan fingerprint density at radius 1 is 1.15 bits per heavy atom. The molecule has 0 atom stereocenters. The smallest absolute Gasteiger partial charge is 0.344 e. The number of hydrogen-bond donors (Lipinski definition) is 1. The van der Waals surface area contributed by atoms with Crippen LogP contribution < -0.4 is 14.8 Å². The molecule has 142 valence electrons. The summed E-state index contributed by atoms with van der Waals surface area (Å²) in [4.78, 5) is 23.8. The Morgan fingerprint density at radius 3 is 2.70 bits per heavy atom. The molecule has 0 aromatic heterocycles. The van der Waals surface area contributed by atoms with Gasteiger partial charge in [-0.25, -0.2) is 4.79 Å². The van der Waals surface area contributed by atoms with Crippen LogP contribution in [0.2, 0.25) is 0 Å². The molecule has 0 fully saturated rings. The number of esters is 1. The van der Waals surface area contributed by atoms with Crippen LogP contribution in [0, 0.1) is 0 Å². The van der Waals surface area contributed by atoms with Gasteiger partial charge in [-0.05, 0) is 48.0 Å². The molecule has 0 aliphatic carbocycles. The van der Waals surface area contributed by atoms with Gasteiger partial charge in [0.1, 0.15) is 5.60 Å². The van der Waals surface area contributed by atoms with Crippen LogP contribution in [0.25, 0.3) is 0 Å². The highest BCUT2D eigenvalue weighted by Gasteiger charge is 2.32. The standard InChI is InChI=1S/C20H20BrNO5/c1-20(2)10-13-6-5-9-16(19(13)27-20)25-12-18(24)26-11-17(23)22-15-8-4-3-7-14(15)21/h3-9H,10-12H2,1-2H3,(H,22,23). The van der Waals surface area contributed by atoms with Crippen molar-refractivity contribution in [3.05, 3.63) is 52.5 Å². The molecule has 1 aliphatic rings. The highest BCUT2D eigenvalue weighted by atomic mass is 79.9. The van der Waals surface area contributed by atoms with Gasteiger partial charge in [0.2, 0.25) is 0 Å². The van der Waals surface area contributed by atoms with Crippen LogP contribution in [-0.4, -0.2) is 30.7 Å². The number of halogens is 1. The van der Waals surface area contributed by atoms with Gasteiger partial charge >= 0.3 is 5.97 Å². The van der Waals surface area contributed by atoms with Crippen molar-refractivity contribution in [3.8, 4) is 11.5 Å². The van der Waals surface area contributed by atoms with Gasteiger partial charge in [0, 0.05) is 16.5 Å². The molecule has 1 amide bonds. The molecule has 0 spiro atoms. The average molecular weight is 434 g/mol. The maximum Gasteiger partial charge on any atom is 0.344 e. The topological polar surface area (TPSA) is 73.9 Å². The van der Waals surface area contributed by atoms with E-state index in [2.05, 4.69) is 21.2 Å². The Kier molecular flexibility index (Phi) is 5.70. The van der Waals surface area contributed by atoms with E-state index in [0.717, 1.165) is 16.5 Å². The Morgan fingerprint density at radius 2 is 1.93 bits per heavy atom. The minimum Gasteiger partial charge on any atom is -0.483 e. The Hall–Kier alpha value is -2.54. The van der Waals surface area contributed by atoms with Crippen molar-refractivity contribution in [1.82, 2.24) is 0 Å². The fourth-order valence-electron chi connectivity index (χ4n) is 2.77. The van der Waals surface area contributed by atoms with Crippen LogP contribution >= 0.6 is 15.9 Å². The van der Waals surface area contributed by atoms with E-state index in [4.69, 9.17) is 14.2 Å². The van der Waals surface area contributed by atoms with Crippen molar-refractivity contribution in [2.75, 3.05) is 18.5 Å². The Labute approximate surface area is 165 Å². The van der Waals surface area contributed by atoms with Gasteiger partial charge < -0.3 is 19.5 Å². The van der Waals surface area contributed by atoms with Crippen molar-refractivity contribution in [2.45, 2.75) is 25.9 Å². The summed E-state index contributed by atoms with van der Waals surface area (Å²) >= 11 is 3.33. The maximum atomic E-state index is 11.9. The van der Waals surface area contributed by atoms with Gasteiger partial charge in [-0.1, -0.05) is 24.3 Å². The van der Waals surface area contributed by atoms with Gasteiger partial charge in [-0.15, -0.1) is 0 Å². The summed E-state index contributed by atoms with van der Waals surface area (Å²) in [7, 11) is 0. The molecule has 7 heteroatoms. The number of carbonyl (C=O) groups excluding carboxylic acids is 2. The largest absolute Gasteiger partial charge is 0.483 e. The predicted octanol–water partition coefficient (Wildman–Crippen LogP) is 3.72. The molecular formula is C20H20BrNO5. The first-order chi connectivity index (χ1) is 12.8. The van der Waals surface area contributed by atoms with Gasteiger partial charge in [-0.3, -0.25) is 4.79 Å². The lowest BCUT2D eigenvalue weighted by Crippen LogP contribution is -2.25. The third-order valence-electron chi connectivity index (χ3n) is 3.91. The zero-order chi connectivity index (χ0) is 19.4. The minimum atomic E-state index is -0.632. The highest BCUT2D eigenvalue weighted by Crippen LogP contribution is 2.41. The number of para-hydroxylation sites is 2. The van der Waals surface area contributed by atoms with Crippen LogP contribution in [0.1, 0.15) is 19.4 Å². The molecule has 0 saturated carbocycles. The van der Waals surface area contributed by atoms with Crippen molar-refractivity contribution >= 4 is 33.5 Å². The van der Waals surface area contributed by atoms with Gasteiger partial charge in [0.25, 0.3) is 5.91 Å². The first-order valence-electron chi connectivity index (χ1n) is 8.48.